The molecule has 0 aliphatic rings. The lowest BCUT2D eigenvalue weighted by atomic mass is 10.3. The number of hydrogen-bond acceptors (Lipinski definition) is 4. The number of nitrogens with zero attached hydrogens (tertiary/aromatic N) is 3. The van der Waals surface area contributed by atoms with E-state index >= 15 is 0 Å². The van der Waals surface area contributed by atoms with E-state index in [1.807, 2.05) is 0 Å². The van der Waals surface area contributed by atoms with Crippen molar-refractivity contribution in [3.8, 4) is 0 Å². The summed E-state index contributed by atoms with van der Waals surface area (Å²) >= 11 is 0. The molecule has 0 aromatic rings. The van der Waals surface area contributed by atoms with Crippen LogP contribution in [0.5, 0.6) is 0 Å². The molecule has 4 heteroatoms. The predicted molar refractivity (Wildman–Crippen MR) is 71.6 cm³/mol. The molecule has 0 fully saturated rings. The maximum absolute atomic E-state index is 6.14. The molecule has 4 nitrogen and oxygen atoms in total. The van der Waals surface area contributed by atoms with Crippen LogP contribution in [-0.2, 0) is 0 Å². The fourth-order valence-corrected chi connectivity index (χ4v) is 1.60. The summed E-state index contributed by atoms with van der Waals surface area (Å²) in [6.45, 7) is 9.83. The van der Waals surface area contributed by atoms with E-state index in [1.165, 1.54) is 0 Å². The van der Waals surface area contributed by atoms with Gasteiger partial charge in [0, 0.05) is 19.6 Å². The van der Waals surface area contributed by atoms with Crippen molar-refractivity contribution in [3.63, 3.8) is 0 Å². The van der Waals surface area contributed by atoms with Gasteiger partial charge in [-0.05, 0) is 40.7 Å². The van der Waals surface area contributed by atoms with Gasteiger partial charge in [-0.1, -0.05) is 13.8 Å². The van der Waals surface area contributed by atoms with Gasteiger partial charge in [-0.25, -0.2) is 0 Å². The van der Waals surface area contributed by atoms with Gasteiger partial charge in [0.1, 0.15) is 0 Å². The van der Waals surface area contributed by atoms with E-state index < -0.39 is 0 Å². The van der Waals surface area contributed by atoms with Crippen LogP contribution in [0.1, 0.15) is 20.3 Å². The summed E-state index contributed by atoms with van der Waals surface area (Å²) in [7, 11) is 6.29. The summed E-state index contributed by atoms with van der Waals surface area (Å²) in [5, 5.41) is 0. The first-order valence-electron chi connectivity index (χ1n) is 6.34. The molecule has 1 atom stereocenters. The highest BCUT2D eigenvalue weighted by molar-refractivity contribution is 4.65. The van der Waals surface area contributed by atoms with Crippen molar-refractivity contribution in [3.05, 3.63) is 0 Å². The second-order valence-corrected chi connectivity index (χ2v) is 4.67. The molecule has 2 N–H and O–H groups in total. The third-order valence-corrected chi connectivity index (χ3v) is 3.10. The van der Waals surface area contributed by atoms with Crippen LogP contribution in [0.25, 0.3) is 0 Å². The Hall–Kier alpha value is -0.160. The standard InChI is InChI=1S/C12H30N4/c1-6-16(7-2)9-8-12(13)15(5)11-10-14(3)4/h12H,6-11,13H2,1-5H3. The smallest absolute Gasteiger partial charge is 0.0581 e. The van der Waals surface area contributed by atoms with E-state index in [0.717, 1.165) is 39.1 Å². The van der Waals surface area contributed by atoms with Crippen molar-refractivity contribution in [1.82, 2.24) is 14.7 Å². The van der Waals surface area contributed by atoms with Gasteiger partial charge in [0.2, 0.25) is 0 Å². The summed E-state index contributed by atoms with van der Waals surface area (Å²) in [5.41, 5.74) is 6.14. The van der Waals surface area contributed by atoms with Gasteiger partial charge in [-0.2, -0.15) is 0 Å². The van der Waals surface area contributed by atoms with Crippen molar-refractivity contribution >= 4 is 0 Å². The molecule has 0 bridgehead atoms. The van der Waals surface area contributed by atoms with Crippen molar-refractivity contribution in [2.24, 2.45) is 5.73 Å². The van der Waals surface area contributed by atoms with E-state index in [0.29, 0.717) is 0 Å². The first-order valence-corrected chi connectivity index (χ1v) is 6.34. The van der Waals surface area contributed by atoms with E-state index in [9.17, 15) is 0 Å². The maximum Gasteiger partial charge on any atom is 0.0581 e. The molecular formula is C12H30N4. The zero-order chi connectivity index (χ0) is 12.6. The van der Waals surface area contributed by atoms with Gasteiger partial charge in [-0.3, -0.25) is 4.90 Å². The van der Waals surface area contributed by atoms with E-state index in [1.54, 1.807) is 0 Å². The Morgan fingerprint density at radius 1 is 0.938 bits per heavy atom. The second kappa shape index (κ2) is 8.93. The summed E-state index contributed by atoms with van der Waals surface area (Å²) in [5.74, 6) is 0. The number of hydrogen-bond donors (Lipinski definition) is 1. The van der Waals surface area contributed by atoms with E-state index in [2.05, 4.69) is 49.7 Å². The summed E-state index contributed by atoms with van der Waals surface area (Å²) < 4.78 is 0. The fraction of sp³-hybridized carbons (Fsp3) is 1.00. The van der Waals surface area contributed by atoms with E-state index in [-0.39, 0.29) is 6.17 Å². The molecule has 0 saturated heterocycles. The van der Waals surface area contributed by atoms with Gasteiger partial charge in [0.25, 0.3) is 0 Å². The van der Waals surface area contributed by atoms with Gasteiger partial charge in [0.15, 0.2) is 0 Å². The zero-order valence-corrected chi connectivity index (χ0v) is 11.7. The molecule has 0 aromatic carbocycles. The highest BCUT2D eigenvalue weighted by Crippen LogP contribution is 1.98. The molecule has 0 aromatic heterocycles. The summed E-state index contributed by atoms with van der Waals surface area (Å²) in [6, 6.07) is 0. The van der Waals surface area contributed by atoms with Crippen molar-refractivity contribution < 1.29 is 0 Å². The lowest BCUT2D eigenvalue weighted by Gasteiger charge is -2.28. The quantitative estimate of drug-likeness (QED) is 0.585. The minimum absolute atomic E-state index is 0.181. The van der Waals surface area contributed by atoms with Crippen LogP contribution in [0, 0.1) is 0 Å². The first-order chi connectivity index (χ1) is 7.51. The molecule has 0 heterocycles. The van der Waals surface area contributed by atoms with Gasteiger partial charge in [-0.15, -0.1) is 0 Å². The molecule has 0 amide bonds. The van der Waals surface area contributed by atoms with Crippen molar-refractivity contribution in [1.29, 1.82) is 0 Å². The SMILES string of the molecule is CCN(CC)CCC(N)N(C)CCN(C)C. The number of rotatable bonds is 9. The molecule has 0 aliphatic heterocycles. The van der Waals surface area contributed by atoms with Crippen molar-refractivity contribution in [2.45, 2.75) is 26.4 Å². The average Bonchev–Trinajstić information content (AvgIpc) is 2.26. The van der Waals surface area contributed by atoms with Crippen LogP contribution < -0.4 is 5.73 Å². The zero-order valence-electron chi connectivity index (χ0n) is 11.7. The third-order valence-electron chi connectivity index (χ3n) is 3.10. The van der Waals surface area contributed by atoms with Crippen LogP contribution in [0.2, 0.25) is 0 Å². The average molecular weight is 230 g/mol. The summed E-state index contributed by atoms with van der Waals surface area (Å²) in [6.07, 6.45) is 1.23. The van der Waals surface area contributed by atoms with Gasteiger partial charge < -0.3 is 15.5 Å². The Bertz CT molecular complexity index is 157. The molecule has 0 radical (unpaired) electrons. The molecule has 0 spiro atoms. The molecular weight excluding hydrogens is 200 g/mol. The Morgan fingerprint density at radius 3 is 1.94 bits per heavy atom. The van der Waals surface area contributed by atoms with Crippen molar-refractivity contribution in [2.75, 3.05) is 53.9 Å². The molecule has 0 saturated carbocycles. The Labute approximate surface area is 101 Å². The lowest BCUT2D eigenvalue weighted by Crippen LogP contribution is -2.44. The number of likely N-dealkylation sites (N-methyl/N-ethyl adjacent to an activating group) is 2. The Balaban J connectivity index is 3.73. The van der Waals surface area contributed by atoms with Crippen LogP contribution in [-0.4, -0.2) is 74.7 Å². The minimum atomic E-state index is 0.181. The van der Waals surface area contributed by atoms with Crippen LogP contribution in [0.4, 0.5) is 0 Å². The Morgan fingerprint density at radius 2 is 1.50 bits per heavy atom. The largest absolute Gasteiger partial charge is 0.316 e. The van der Waals surface area contributed by atoms with Gasteiger partial charge in [0.05, 0.1) is 6.17 Å². The number of nitrogens with two attached hydrogens (primary N) is 1. The highest BCUT2D eigenvalue weighted by atomic mass is 15.2. The lowest BCUT2D eigenvalue weighted by molar-refractivity contribution is 0.188. The van der Waals surface area contributed by atoms with Gasteiger partial charge >= 0.3 is 0 Å². The fourth-order valence-electron chi connectivity index (χ4n) is 1.60. The highest BCUT2D eigenvalue weighted by Gasteiger charge is 2.10. The Kier molecular flexibility index (Phi) is 8.84. The second-order valence-electron chi connectivity index (χ2n) is 4.67. The molecule has 1 unspecified atom stereocenters. The van der Waals surface area contributed by atoms with Crippen LogP contribution >= 0.6 is 0 Å². The topological polar surface area (TPSA) is 35.7 Å². The van der Waals surface area contributed by atoms with E-state index in [4.69, 9.17) is 5.73 Å². The maximum atomic E-state index is 6.14. The predicted octanol–water partition coefficient (Wildman–Crippen LogP) is 0.497. The summed E-state index contributed by atoms with van der Waals surface area (Å²) in [4.78, 5) is 6.84. The minimum Gasteiger partial charge on any atom is -0.316 e. The molecule has 16 heavy (non-hydrogen) atoms. The monoisotopic (exact) mass is 230 g/mol. The normalized spacial score (nSPS) is 14.1. The molecule has 0 aliphatic carbocycles. The van der Waals surface area contributed by atoms with Crippen LogP contribution in [0.15, 0.2) is 0 Å². The first kappa shape index (κ1) is 15.8. The molecule has 98 valence electrons. The third kappa shape index (κ3) is 7.17. The van der Waals surface area contributed by atoms with Crippen LogP contribution in [0.3, 0.4) is 0 Å². The molecule has 0 rings (SSSR count).